The lowest BCUT2D eigenvalue weighted by atomic mass is 10.0. The third-order valence-electron chi connectivity index (χ3n) is 5.20. The van der Waals surface area contributed by atoms with Gasteiger partial charge < -0.3 is 20.9 Å². The van der Waals surface area contributed by atoms with Crippen LogP contribution < -0.4 is 11.1 Å². The minimum absolute atomic E-state index is 0.0633. The lowest BCUT2D eigenvalue weighted by molar-refractivity contribution is 0.0366. The number of alkyl halides is 1. The molecule has 0 amide bonds. The second-order valence-electron chi connectivity index (χ2n) is 7.60. The molecule has 0 bridgehead atoms. The smallest absolute Gasteiger partial charge is 0.145 e. The molecule has 0 radical (unpaired) electrons. The molecule has 0 spiro atoms. The Kier molecular flexibility index (Phi) is 7.61. The Morgan fingerprint density at radius 1 is 1.26 bits per heavy atom. The molecule has 8 nitrogen and oxygen atoms in total. The van der Waals surface area contributed by atoms with Crippen molar-refractivity contribution in [3.63, 3.8) is 0 Å². The number of aromatic hydroxyl groups is 1. The molecular weight excluding hydrogens is 455 g/mol. The molecular formula is C24H25FN6O2S. The number of hydrogen-bond acceptors (Lipinski definition) is 9. The molecule has 1 fully saturated rings. The van der Waals surface area contributed by atoms with E-state index in [9.17, 15) is 9.50 Å². The average molecular weight is 481 g/mol. The van der Waals surface area contributed by atoms with Crippen LogP contribution in [0.25, 0.3) is 26.7 Å². The number of hydrogen-bond donors (Lipinski definition) is 3. The summed E-state index contributed by atoms with van der Waals surface area (Å²) < 4.78 is 17.9. The molecule has 1 aliphatic rings. The summed E-state index contributed by atoms with van der Waals surface area (Å²) in [7, 11) is 1.66. The second-order valence-corrected chi connectivity index (χ2v) is 8.48. The van der Waals surface area contributed by atoms with E-state index in [0.29, 0.717) is 35.3 Å². The largest absolute Gasteiger partial charge is 0.507 e. The third kappa shape index (κ3) is 5.46. The summed E-state index contributed by atoms with van der Waals surface area (Å²) in [6.07, 6.45) is 5.43. The van der Waals surface area contributed by atoms with Crippen LogP contribution in [0.15, 0.2) is 53.4 Å². The zero-order valence-electron chi connectivity index (χ0n) is 18.6. The highest BCUT2D eigenvalue weighted by molar-refractivity contribution is 7.16. The molecule has 4 N–H and O–H groups in total. The van der Waals surface area contributed by atoms with Gasteiger partial charge in [0, 0.05) is 37.3 Å². The highest BCUT2D eigenvalue weighted by atomic mass is 32.1. The molecule has 0 aliphatic carbocycles. The Morgan fingerprint density at radius 3 is 2.85 bits per heavy atom. The topological polar surface area (TPSA) is 119 Å². The molecule has 4 aromatic rings. The van der Waals surface area contributed by atoms with Crippen molar-refractivity contribution < 1.29 is 14.2 Å². The quantitative estimate of drug-likeness (QED) is 0.358. The van der Waals surface area contributed by atoms with E-state index < -0.39 is 6.17 Å². The number of thiazole rings is 1. The van der Waals surface area contributed by atoms with E-state index in [2.05, 4.69) is 25.3 Å². The van der Waals surface area contributed by atoms with Gasteiger partial charge in [-0.3, -0.25) is 4.99 Å². The Labute approximate surface area is 200 Å². The van der Waals surface area contributed by atoms with Crippen LogP contribution in [-0.4, -0.2) is 52.7 Å². The van der Waals surface area contributed by atoms with Crippen molar-refractivity contribution in [3.05, 3.63) is 53.9 Å². The first-order valence-electron chi connectivity index (χ1n) is 10.7. The lowest BCUT2D eigenvalue weighted by Gasteiger charge is -2.13. The fourth-order valence-electron chi connectivity index (χ4n) is 3.55. The van der Waals surface area contributed by atoms with Gasteiger partial charge in [-0.2, -0.15) is 0 Å². The number of phenolic OH excluding ortho intramolecular Hbond substituents is 1. The first-order chi connectivity index (χ1) is 16.6. The molecule has 5 rings (SSSR count). The predicted octanol–water partition coefficient (Wildman–Crippen LogP) is 4.82. The third-order valence-corrected chi connectivity index (χ3v) is 5.99. The van der Waals surface area contributed by atoms with E-state index in [1.165, 1.54) is 12.5 Å². The van der Waals surface area contributed by atoms with Gasteiger partial charge in [-0.25, -0.2) is 19.3 Å². The van der Waals surface area contributed by atoms with Crippen LogP contribution in [0, 0.1) is 0 Å². The van der Waals surface area contributed by atoms with E-state index in [1.54, 1.807) is 30.7 Å². The number of rotatable bonds is 4. The highest BCUT2D eigenvalue weighted by Crippen LogP contribution is 2.34. The summed E-state index contributed by atoms with van der Waals surface area (Å²) in [6, 6.07) is 9.34. The van der Waals surface area contributed by atoms with Crippen molar-refractivity contribution in [2.75, 3.05) is 25.6 Å². The number of halogens is 1. The van der Waals surface area contributed by atoms with E-state index in [4.69, 9.17) is 10.5 Å². The molecule has 1 unspecified atom stereocenters. The Bertz CT molecular complexity index is 1330. The maximum Gasteiger partial charge on any atom is 0.145 e. The fourth-order valence-corrected chi connectivity index (χ4v) is 4.27. The standard InChI is InChI=1S/C19H16N6OS.C5H9FO/c1-21-8-12(7-20)11-4-15-18(16(26)5-11)19(23-9-22-15)25-13-2-3-14-17(6-13)27-10-24-14;6-5-2-1-3-7-4-5/h2-10,26H,20H2,1H3,(H,22,23,25);5H,1-4H2/b12-7+,21-8?;. The van der Waals surface area contributed by atoms with E-state index >= 15 is 0 Å². The summed E-state index contributed by atoms with van der Waals surface area (Å²) in [4.78, 5) is 16.9. The number of allylic oxidation sites excluding steroid dienone is 1. The van der Waals surface area contributed by atoms with Gasteiger partial charge >= 0.3 is 0 Å². The maximum atomic E-state index is 12.1. The van der Waals surface area contributed by atoms with E-state index in [-0.39, 0.29) is 5.75 Å². The number of nitrogens with zero attached hydrogens (tertiary/aromatic N) is 4. The van der Waals surface area contributed by atoms with E-state index in [1.807, 2.05) is 29.8 Å². The summed E-state index contributed by atoms with van der Waals surface area (Å²) in [5.74, 6) is 0.587. The number of phenols is 1. The molecule has 2 aromatic carbocycles. The lowest BCUT2D eigenvalue weighted by Crippen LogP contribution is -2.17. The van der Waals surface area contributed by atoms with Crippen molar-refractivity contribution in [2.45, 2.75) is 19.0 Å². The molecule has 2 aromatic heterocycles. The number of ether oxygens (including phenoxy) is 1. The number of anilines is 2. The number of fused-ring (bicyclic) bond motifs is 2. The van der Waals surface area contributed by atoms with Crippen LogP contribution in [0.1, 0.15) is 18.4 Å². The van der Waals surface area contributed by atoms with Gasteiger partial charge in [0.05, 0.1) is 33.2 Å². The van der Waals surface area contributed by atoms with Gasteiger partial charge in [-0.05, 0) is 48.7 Å². The monoisotopic (exact) mass is 480 g/mol. The minimum atomic E-state index is -0.686. The molecule has 1 atom stereocenters. The zero-order chi connectivity index (χ0) is 23.9. The van der Waals surface area contributed by atoms with Gasteiger partial charge in [0.2, 0.25) is 0 Å². The van der Waals surface area contributed by atoms with Gasteiger partial charge in [0.25, 0.3) is 0 Å². The summed E-state index contributed by atoms with van der Waals surface area (Å²) in [6.45, 7) is 1.07. The van der Waals surface area contributed by atoms with Crippen LogP contribution in [0.2, 0.25) is 0 Å². The Hall–Kier alpha value is -3.63. The van der Waals surface area contributed by atoms with Gasteiger partial charge in [-0.1, -0.05) is 0 Å². The molecule has 3 heterocycles. The van der Waals surface area contributed by atoms with Crippen LogP contribution >= 0.6 is 11.3 Å². The first kappa shape index (κ1) is 23.5. The number of nitrogens with one attached hydrogen (secondary N) is 1. The van der Waals surface area contributed by atoms with Crippen molar-refractivity contribution in [1.29, 1.82) is 0 Å². The summed E-state index contributed by atoms with van der Waals surface area (Å²) in [5.41, 5.74) is 11.3. The number of aromatic nitrogens is 3. The summed E-state index contributed by atoms with van der Waals surface area (Å²) in [5, 5.41) is 14.4. The molecule has 0 saturated carbocycles. The van der Waals surface area contributed by atoms with Crippen LogP contribution in [0.5, 0.6) is 5.75 Å². The average Bonchev–Trinajstić information content (AvgIpc) is 3.31. The van der Waals surface area contributed by atoms with Crippen molar-refractivity contribution in [3.8, 4) is 5.75 Å². The number of aliphatic imine (C=N–C) groups is 1. The number of nitrogens with two attached hydrogens (primary N) is 1. The highest BCUT2D eigenvalue weighted by Gasteiger charge is 2.13. The minimum Gasteiger partial charge on any atom is -0.507 e. The van der Waals surface area contributed by atoms with Crippen molar-refractivity contribution >= 4 is 55.7 Å². The Morgan fingerprint density at radius 2 is 2.15 bits per heavy atom. The normalized spacial score (nSPS) is 16.5. The molecule has 34 heavy (non-hydrogen) atoms. The van der Waals surface area contributed by atoms with Crippen molar-refractivity contribution in [2.24, 2.45) is 10.7 Å². The predicted molar refractivity (Wildman–Crippen MR) is 136 cm³/mol. The van der Waals surface area contributed by atoms with Crippen molar-refractivity contribution in [1.82, 2.24) is 15.0 Å². The Balaban J connectivity index is 0.000000336. The first-order valence-corrected chi connectivity index (χ1v) is 11.6. The molecule has 176 valence electrons. The SMILES string of the molecule is CN=C/C(=C\N)c1cc(O)c2c(Nc3ccc4ncsc4c3)ncnc2c1.FC1CCCOC1. The molecule has 10 heteroatoms. The molecule has 1 saturated heterocycles. The van der Waals surface area contributed by atoms with Gasteiger partial charge in [0.15, 0.2) is 0 Å². The zero-order valence-corrected chi connectivity index (χ0v) is 19.4. The van der Waals surface area contributed by atoms with Crippen LogP contribution in [0.4, 0.5) is 15.9 Å². The molecule has 1 aliphatic heterocycles. The van der Waals surface area contributed by atoms with E-state index in [0.717, 1.165) is 34.5 Å². The second kappa shape index (κ2) is 11.0. The summed E-state index contributed by atoms with van der Waals surface area (Å²) >= 11 is 1.57. The maximum absolute atomic E-state index is 12.1. The van der Waals surface area contributed by atoms with Gasteiger partial charge in [-0.15, -0.1) is 11.3 Å². The fraction of sp³-hybridized carbons (Fsp3) is 0.250. The van der Waals surface area contributed by atoms with Crippen LogP contribution in [0.3, 0.4) is 0 Å². The number of benzene rings is 2. The van der Waals surface area contributed by atoms with Gasteiger partial charge in [0.1, 0.15) is 24.1 Å². The van der Waals surface area contributed by atoms with Crippen LogP contribution in [-0.2, 0) is 4.74 Å².